The second kappa shape index (κ2) is 26.9. The van der Waals surface area contributed by atoms with Crippen LogP contribution in [0.25, 0.3) is 0 Å². The Hall–Kier alpha value is -0.120. The van der Waals surface area contributed by atoms with E-state index in [0.717, 1.165) is 19.6 Å². The molecule has 0 fully saturated rings. The molecule has 3 nitrogen and oxygen atoms in total. The predicted molar refractivity (Wildman–Crippen MR) is 133 cm³/mol. The highest BCUT2D eigenvalue weighted by Crippen LogP contribution is 2.12. The third kappa shape index (κ3) is 25.9. The van der Waals surface area contributed by atoms with E-state index in [9.17, 15) is 5.11 Å². The van der Waals surface area contributed by atoms with Gasteiger partial charge < -0.3 is 15.2 Å². The van der Waals surface area contributed by atoms with E-state index in [0.29, 0.717) is 13.2 Å². The molecule has 0 heterocycles. The maximum atomic E-state index is 9.98. The fraction of sp³-hybridized carbons (Fsp3) is 1.00. The van der Waals surface area contributed by atoms with Crippen LogP contribution in [0.4, 0.5) is 0 Å². The number of rotatable bonds is 26. The SMILES string of the molecule is CCCCCCCCCCCCCCNCC(O)COCCCCCCCCCC. The van der Waals surface area contributed by atoms with Crippen molar-refractivity contribution in [1.29, 1.82) is 0 Å². The zero-order chi connectivity index (χ0) is 22.0. The lowest BCUT2D eigenvalue weighted by Gasteiger charge is -2.12. The Labute approximate surface area is 190 Å². The van der Waals surface area contributed by atoms with E-state index in [1.54, 1.807) is 0 Å². The summed E-state index contributed by atoms with van der Waals surface area (Å²) in [4.78, 5) is 0. The van der Waals surface area contributed by atoms with Crippen molar-refractivity contribution < 1.29 is 9.84 Å². The molecule has 0 aliphatic rings. The van der Waals surface area contributed by atoms with Gasteiger partial charge in [0.2, 0.25) is 0 Å². The first-order valence-corrected chi connectivity index (χ1v) is 13.8. The molecule has 0 aromatic heterocycles. The Kier molecular flexibility index (Phi) is 26.8. The largest absolute Gasteiger partial charge is 0.389 e. The Morgan fingerprint density at radius 2 is 0.967 bits per heavy atom. The van der Waals surface area contributed by atoms with E-state index in [4.69, 9.17) is 4.74 Å². The van der Waals surface area contributed by atoms with Gasteiger partial charge in [-0.15, -0.1) is 0 Å². The molecule has 0 saturated heterocycles. The summed E-state index contributed by atoms with van der Waals surface area (Å²) in [6.07, 6.45) is 26.9. The highest BCUT2D eigenvalue weighted by atomic mass is 16.5. The van der Waals surface area contributed by atoms with Gasteiger partial charge in [0, 0.05) is 13.2 Å². The molecular weight excluding hydrogens is 370 g/mol. The summed E-state index contributed by atoms with van der Waals surface area (Å²) in [7, 11) is 0. The van der Waals surface area contributed by atoms with E-state index in [-0.39, 0.29) is 6.10 Å². The van der Waals surface area contributed by atoms with E-state index < -0.39 is 0 Å². The highest BCUT2D eigenvalue weighted by molar-refractivity contribution is 4.59. The van der Waals surface area contributed by atoms with Crippen molar-refractivity contribution in [3.8, 4) is 0 Å². The molecule has 0 aromatic carbocycles. The molecule has 30 heavy (non-hydrogen) atoms. The highest BCUT2D eigenvalue weighted by Gasteiger charge is 2.03. The third-order valence-electron chi connectivity index (χ3n) is 6.04. The van der Waals surface area contributed by atoms with Crippen LogP contribution in [0.15, 0.2) is 0 Å². The Balaban J connectivity index is 3.12. The van der Waals surface area contributed by atoms with Gasteiger partial charge in [0.05, 0.1) is 12.7 Å². The van der Waals surface area contributed by atoms with Gasteiger partial charge >= 0.3 is 0 Å². The summed E-state index contributed by atoms with van der Waals surface area (Å²) < 4.78 is 5.62. The second-order valence-corrected chi connectivity index (χ2v) is 9.30. The molecule has 0 spiro atoms. The zero-order valence-electron chi connectivity index (χ0n) is 20.9. The first-order chi connectivity index (χ1) is 14.8. The monoisotopic (exact) mass is 427 g/mol. The minimum Gasteiger partial charge on any atom is -0.389 e. The van der Waals surface area contributed by atoms with E-state index in [1.807, 2.05) is 0 Å². The number of ether oxygens (including phenoxy) is 1. The molecular formula is C27H57NO2. The lowest BCUT2D eigenvalue weighted by molar-refractivity contribution is 0.0355. The van der Waals surface area contributed by atoms with Gasteiger partial charge in [-0.05, 0) is 19.4 Å². The van der Waals surface area contributed by atoms with Crippen molar-refractivity contribution in [2.45, 2.75) is 148 Å². The van der Waals surface area contributed by atoms with Gasteiger partial charge in [-0.3, -0.25) is 0 Å². The molecule has 3 heteroatoms. The van der Waals surface area contributed by atoms with Crippen molar-refractivity contribution >= 4 is 0 Å². The van der Waals surface area contributed by atoms with E-state index >= 15 is 0 Å². The van der Waals surface area contributed by atoms with Crippen LogP contribution >= 0.6 is 0 Å². The molecule has 0 aliphatic carbocycles. The van der Waals surface area contributed by atoms with Gasteiger partial charge in [-0.2, -0.15) is 0 Å². The minimum atomic E-state index is -0.364. The fourth-order valence-electron chi connectivity index (χ4n) is 3.98. The van der Waals surface area contributed by atoms with Crippen LogP contribution in [0.1, 0.15) is 142 Å². The van der Waals surface area contributed by atoms with Crippen molar-refractivity contribution in [2.24, 2.45) is 0 Å². The van der Waals surface area contributed by atoms with Gasteiger partial charge in [0.25, 0.3) is 0 Å². The number of hydrogen-bond donors (Lipinski definition) is 2. The summed E-state index contributed by atoms with van der Waals surface area (Å²) in [5, 5.41) is 13.4. The normalized spacial score (nSPS) is 12.5. The third-order valence-corrected chi connectivity index (χ3v) is 6.04. The number of aliphatic hydroxyl groups is 1. The topological polar surface area (TPSA) is 41.5 Å². The Bertz CT molecular complexity index is 299. The summed E-state index contributed by atoms with van der Waals surface area (Å²) >= 11 is 0. The quantitative estimate of drug-likeness (QED) is 0.138. The van der Waals surface area contributed by atoms with Crippen molar-refractivity contribution in [3.05, 3.63) is 0 Å². The number of aliphatic hydroxyl groups excluding tert-OH is 1. The molecule has 0 amide bonds. The summed E-state index contributed by atoms with van der Waals surface area (Å²) in [6.45, 7) is 7.50. The molecule has 0 rings (SSSR count). The predicted octanol–water partition coefficient (Wildman–Crippen LogP) is 7.80. The van der Waals surface area contributed by atoms with Crippen LogP contribution in [0.5, 0.6) is 0 Å². The van der Waals surface area contributed by atoms with Crippen LogP contribution in [0.2, 0.25) is 0 Å². The molecule has 1 unspecified atom stereocenters. The summed E-state index contributed by atoms with van der Waals surface area (Å²) in [5.41, 5.74) is 0. The van der Waals surface area contributed by atoms with Crippen molar-refractivity contribution in [3.63, 3.8) is 0 Å². The molecule has 0 saturated carbocycles. The lowest BCUT2D eigenvalue weighted by Crippen LogP contribution is -2.31. The maximum absolute atomic E-state index is 9.98. The average Bonchev–Trinajstić information content (AvgIpc) is 2.75. The molecule has 2 N–H and O–H groups in total. The fourth-order valence-corrected chi connectivity index (χ4v) is 3.98. The van der Waals surface area contributed by atoms with Gasteiger partial charge in [-0.25, -0.2) is 0 Å². The smallest absolute Gasteiger partial charge is 0.0897 e. The summed E-state index contributed by atoms with van der Waals surface area (Å²) in [5.74, 6) is 0. The molecule has 0 aliphatic heterocycles. The average molecular weight is 428 g/mol. The van der Waals surface area contributed by atoms with Crippen molar-refractivity contribution in [2.75, 3.05) is 26.3 Å². The first-order valence-electron chi connectivity index (χ1n) is 13.8. The maximum Gasteiger partial charge on any atom is 0.0897 e. The van der Waals surface area contributed by atoms with Crippen molar-refractivity contribution in [1.82, 2.24) is 5.32 Å². The standard InChI is InChI=1S/C27H57NO2/c1-3-5-7-9-11-13-14-15-16-17-19-21-23-28-25-27(29)26-30-24-22-20-18-12-10-8-6-4-2/h27-29H,3-26H2,1-2H3. The van der Waals surface area contributed by atoms with Crippen LogP contribution in [-0.4, -0.2) is 37.5 Å². The van der Waals surface area contributed by atoms with Gasteiger partial charge in [0.15, 0.2) is 0 Å². The van der Waals surface area contributed by atoms with Crippen LogP contribution in [0, 0.1) is 0 Å². The minimum absolute atomic E-state index is 0.364. The van der Waals surface area contributed by atoms with Crippen LogP contribution in [0.3, 0.4) is 0 Å². The summed E-state index contributed by atoms with van der Waals surface area (Å²) in [6, 6.07) is 0. The molecule has 182 valence electrons. The van der Waals surface area contributed by atoms with Gasteiger partial charge in [-0.1, -0.05) is 129 Å². The molecule has 0 aromatic rings. The Morgan fingerprint density at radius 3 is 1.43 bits per heavy atom. The van der Waals surface area contributed by atoms with Crippen LogP contribution in [-0.2, 0) is 4.74 Å². The molecule has 1 atom stereocenters. The van der Waals surface area contributed by atoms with E-state index in [1.165, 1.54) is 122 Å². The Morgan fingerprint density at radius 1 is 0.567 bits per heavy atom. The zero-order valence-corrected chi connectivity index (χ0v) is 20.9. The second-order valence-electron chi connectivity index (χ2n) is 9.30. The molecule has 0 radical (unpaired) electrons. The number of hydrogen-bond acceptors (Lipinski definition) is 3. The lowest BCUT2D eigenvalue weighted by atomic mass is 10.1. The number of unbranched alkanes of at least 4 members (excludes halogenated alkanes) is 18. The number of nitrogens with one attached hydrogen (secondary N) is 1. The first kappa shape index (κ1) is 29.9. The van der Waals surface area contributed by atoms with E-state index in [2.05, 4.69) is 19.2 Å². The van der Waals surface area contributed by atoms with Crippen LogP contribution < -0.4 is 5.32 Å². The van der Waals surface area contributed by atoms with Gasteiger partial charge in [0.1, 0.15) is 0 Å². The molecule has 0 bridgehead atoms.